The van der Waals surface area contributed by atoms with E-state index in [0.29, 0.717) is 6.04 Å². The molecule has 1 heterocycles. The molecule has 1 aromatic heterocycles. The Labute approximate surface area is 247 Å². The molecule has 0 saturated carbocycles. The van der Waals surface area contributed by atoms with Gasteiger partial charge in [-0.1, -0.05) is 187 Å². The van der Waals surface area contributed by atoms with Gasteiger partial charge in [0.05, 0.1) is 0 Å². The fourth-order valence-corrected chi connectivity index (χ4v) is 6.25. The van der Waals surface area contributed by atoms with Gasteiger partial charge in [0, 0.05) is 25.0 Å². The zero-order valence-corrected chi connectivity index (χ0v) is 27.1. The average Bonchev–Trinajstić information content (AvgIpc) is 2.96. The van der Waals surface area contributed by atoms with E-state index in [1.165, 1.54) is 193 Å². The van der Waals surface area contributed by atoms with Gasteiger partial charge in [-0.15, -0.1) is 0 Å². The van der Waals surface area contributed by atoms with Gasteiger partial charge in [0.25, 0.3) is 0 Å². The third-order valence-electron chi connectivity index (χ3n) is 8.94. The largest absolute Gasteiger partial charge is 0.202 e. The lowest BCUT2D eigenvalue weighted by molar-refractivity contribution is -0.724. The molecule has 1 atom stereocenters. The van der Waals surface area contributed by atoms with Crippen LogP contribution in [-0.4, -0.2) is 0 Å². The molecule has 0 aromatic carbocycles. The summed E-state index contributed by atoms with van der Waals surface area (Å²) in [7, 11) is 0. The van der Waals surface area contributed by atoms with E-state index >= 15 is 0 Å². The van der Waals surface area contributed by atoms with Gasteiger partial charge in [0.2, 0.25) is 0 Å². The highest BCUT2D eigenvalue weighted by Crippen LogP contribution is 2.20. The Morgan fingerprint density at radius 3 is 0.872 bits per heavy atom. The van der Waals surface area contributed by atoms with Crippen LogP contribution >= 0.6 is 0 Å². The molecule has 0 radical (unpaired) electrons. The van der Waals surface area contributed by atoms with Crippen molar-refractivity contribution in [2.75, 3.05) is 0 Å². The monoisotopic (exact) mass is 543 g/mol. The van der Waals surface area contributed by atoms with Crippen molar-refractivity contribution >= 4 is 0 Å². The molecule has 0 aliphatic heterocycles. The van der Waals surface area contributed by atoms with Gasteiger partial charge in [-0.25, -0.2) is 4.57 Å². The van der Waals surface area contributed by atoms with E-state index in [1.807, 2.05) is 0 Å². The lowest BCUT2D eigenvalue weighted by Gasteiger charge is -2.13. The molecular formula is C38H72N+. The van der Waals surface area contributed by atoms with Crippen molar-refractivity contribution in [3.63, 3.8) is 0 Å². The number of hydrogen-bond donors (Lipinski definition) is 0. The lowest BCUT2D eigenvalue weighted by Crippen LogP contribution is -2.38. The zero-order valence-electron chi connectivity index (χ0n) is 27.1. The summed E-state index contributed by atoms with van der Waals surface area (Å²) in [5.41, 5.74) is 0. The van der Waals surface area contributed by atoms with E-state index < -0.39 is 0 Å². The molecule has 228 valence electrons. The van der Waals surface area contributed by atoms with Gasteiger partial charge in [0.1, 0.15) is 0 Å². The predicted octanol–water partition coefficient (Wildman–Crippen LogP) is 13.3. The summed E-state index contributed by atoms with van der Waals surface area (Å²) in [4.78, 5) is 0. The van der Waals surface area contributed by atoms with Gasteiger partial charge < -0.3 is 0 Å². The maximum atomic E-state index is 2.50. The molecule has 0 spiro atoms. The van der Waals surface area contributed by atoms with Gasteiger partial charge in [0.15, 0.2) is 18.4 Å². The number of nitrogens with zero attached hydrogens (tertiary/aromatic N) is 1. The highest BCUT2D eigenvalue weighted by Gasteiger charge is 2.17. The average molecular weight is 543 g/mol. The molecule has 1 heteroatoms. The quantitative estimate of drug-likeness (QED) is 0.0648. The summed E-state index contributed by atoms with van der Waals surface area (Å²) in [6, 6.07) is 7.29. The van der Waals surface area contributed by atoms with Crippen molar-refractivity contribution < 1.29 is 4.57 Å². The first-order chi connectivity index (χ1) is 19.4. The maximum Gasteiger partial charge on any atom is 0.169 e. The first-order valence-electron chi connectivity index (χ1n) is 18.3. The fraction of sp³-hybridized carbons (Fsp3) is 0.868. The molecule has 0 bridgehead atoms. The Morgan fingerprint density at radius 1 is 0.333 bits per heavy atom. The van der Waals surface area contributed by atoms with E-state index in [4.69, 9.17) is 0 Å². The first kappa shape index (κ1) is 36.2. The number of hydrogen-bond acceptors (Lipinski definition) is 0. The van der Waals surface area contributed by atoms with Crippen molar-refractivity contribution in [3.8, 4) is 0 Å². The highest BCUT2D eigenvalue weighted by atomic mass is 15.0. The molecule has 1 rings (SSSR count). The molecule has 0 fully saturated rings. The van der Waals surface area contributed by atoms with Crippen LogP contribution in [0.3, 0.4) is 0 Å². The van der Waals surface area contributed by atoms with Crippen LogP contribution in [0.2, 0.25) is 0 Å². The van der Waals surface area contributed by atoms with E-state index in [-0.39, 0.29) is 0 Å². The van der Waals surface area contributed by atoms with E-state index in [1.54, 1.807) is 0 Å². The smallest absolute Gasteiger partial charge is 0.169 e. The molecule has 1 aromatic rings. The van der Waals surface area contributed by atoms with Crippen LogP contribution in [0.15, 0.2) is 30.6 Å². The third-order valence-corrected chi connectivity index (χ3v) is 8.94. The number of pyridine rings is 1. The Hall–Kier alpha value is -0.850. The molecule has 39 heavy (non-hydrogen) atoms. The molecule has 0 aliphatic rings. The van der Waals surface area contributed by atoms with Crippen LogP contribution in [0.5, 0.6) is 0 Å². The second-order valence-corrected chi connectivity index (χ2v) is 12.7. The molecule has 0 saturated heterocycles. The van der Waals surface area contributed by atoms with Crippen LogP contribution < -0.4 is 4.57 Å². The predicted molar refractivity (Wildman–Crippen MR) is 176 cm³/mol. The first-order valence-corrected chi connectivity index (χ1v) is 18.3. The van der Waals surface area contributed by atoms with Gasteiger partial charge in [-0.2, -0.15) is 0 Å². The topological polar surface area (TPSA) is 3.88 Å². The summed E-state index contributed by atoms with van der Waals surface area (Å²) in [6.07, 6.45) is 47.9. The van der Waals surface area contributed by atoms with Crippen LogP contribution in [-0.2, 0) is 0 Å². The standard InChI is InChI=1S/C38H72N/c1-3-5-7-9-11-13-15-17-18-20-22-24-26-28-31-35-38(39-36-32-29-33-37-39)34-30-27-25-23-21-19-16-14-12-10-8-6-4-2/h29,32-33,36-38H,3-28,30-31,34-35H2,1-2H3/q+1. The van der Waals surface area contributed by atoms with E-state index in [2.05, 4.69) is 49.0 Å². The molecule has 0 amide bonds. The molecular weight excluding hydrogens is 470 g/mol. The minimum atomic E-state index is 0.709. The molecule has 1 unspecified atom stereocenters. The normalized spacial score (nSPS) is 12.3. The van der Waals surface area contributed by atoms with Crippen molar-refractivity contribution in [1.29, 1.82) is 0 Å². The van der Waals surface area contributed by atoms with Crippen LogP contribution in [0.4, 0.5) is 0 Å². The third kappa shape index (κ3) is 24.7. The summed E-state index contributed by atoms with van der Waals surface area (Å²) in [5.74, 6) is 0. The summed E-state index contributed by atoms with van der Waals surface area (Å²) in [6.45, 7) is 4.62. The summed E-state index contributed by atoms with van der Waals surface area (Å²) in [5, 5.41) is 0. The van der Waals surface area contributed by atoms with Crippen LogP contribution in [0.1, 0.15) is 213 Å². The van der Waals surface area contributed by atoms with Gasteiger partial charge in [-0.05, 0) is 12.8 Å². The Kier molecular flexibility index (Phi) is 27.9. The molecule has 0 aliphatic carbocycles. The maximum absolute atomic E-state index is 2.50. The van der Waals surface area contributed by atoms with E-state index in [9.17, 15) is 0 Å². The van der Waals surface area contributed by atoms with E-state index in [0.717, 1.165) is 0 Å². The minimum absolute atomic E-state index is 0.709. The van der Waals surface area contributed by atoms with Gasteiger partial charge >= 0.3 is 0 Å². The highest BCUT2D eigenvalue weighted by molar-refractivity contribution is 4.84. The van der Waals surface area contributed by atoms with Crippen molar-refractivity contribution in [3.05, 3.63) is 30.6 Å². The molecule has 1 nitrogen and oxygen atoms in total. The van der Waals surface area contributed by atoms with Crippen LogP contribution in [0, 0.1) is 0 Å². The Bertz CT molecular complexity index is 567. The van der Waals surface area contributed by atoms with Gasteiger partial charge in [-0.3, -0.25) is 0 Å². The second-order valence-electron chi connectivity index (χ2n) is 12.7. The minimum Gasteiger partial charge on any atom is -0.202 e. The zero-order chi connectivity index (χ0) is 27.9. The fourth-order valence-electron chi connectivity index (χ4n) is 6.25. The number of aromatic nitrogens is 1. The summed E-state index contributed by atoms with van der Waals surface area (Å²) < 4.78 is 2.50. The van der Waals surface area contributed by atoms with Crippen molar-refractivity contribution in [1.82, 2.24) is 0 Å². The second kappa shape index (κ2) is 30.1. The van der Waals surface area contributed by atoms with Crippen molar-refractivity contribution in [2.45, 2.75) is 213 Å². The molecule has 0 N–H and O–H groups in total. The Balaban J connectivity index is 1.99. The SMILES string of the molecule is CCCCCCCCCCCCCCCCCC(CCCCCCCCCCCCCCC)[n+]1ccccc1. The van der Waals surface area contributed by atoms with Crippen LogP contribution in [0.25, 0.3) is 0 Å². The summed E-state index contributed by atoms with van der Waals surface area (Å²) >= 11 is 0. The lowest BCUT2D eigenvalue weighted by atomic mass is 9.99. The number of rotatable bonds is 31. The Morgan fingerprint density at radius 2 is 0.590 bits per heavy atom. The van der Waals surface area contributed by atoms with Crippen molar-refractivity contribution in [2.24, 2.45) is 0 Å². The number of unbranched alkanes of at least 4 members (excludes halogenated alkanes) is 26.